The van der Waals surface area contributed by atoms with Crippen LogP contribution in [-0.2, 0) is 11.8 Å². The molecule has 1 aromatic carbocycles. The van der Waals surface area contributed by atoms with Crippen LogP contribution in [0.25, 0.3) is 22.5 Å². The second-order valence-corrected chi connectivity index (χ2v) is 9.11. The average molecular weight is 459 g/mol. The molecule has 0 bridgehead atoms. The van der Waals surface area contributed by atoms with Crippen molar-refractivity contribution in [3.05, 3.63) is 24.0 Å². The van der Waals surface area contributed by atoms with Crippen molar-refractivity contribution < 1.29 is 23.5 Å². The Morgan fingerprint density at radius 3 is 2.61 bits per heavy atom. The minimum Gasteiger partial charge on any atom is -0.495 e. The topological polar surface area (TPSA) is 101 Å². The fourth-order valence-corrected chi connectivity index (χ4v) is 3.71. The van der Waals surface area contributed by atoms with Crippen molar-refractivity contribution in [2.75, 3.05) is 20.3 Å². The van der Waals surface area contributed by atoms with Crippen LogP contribution in [0.3, 0.4) is 0 Å². The van der Waals surface area contributed by atoms with Gasteiger partial charge in [-0.15, -0.1) is 0 Å². The van der Waals surface area contributed by atoms with E-state index >= 15 is 0 Å². The molecule has 0 spiro atoms. The second kappa shape index (κ2) is 10.1. The maximum absolute atomic E-state index is 12.1. The fraction of sp³-hybridized carbons (Fsp3) is 0.542. The van der Waals surface area contributed by atoms with E-state index < -0.39 is 11.7 Å². The summed E-state index contributed by atoms with van der Waals surface area (Å²) in [6, 6.07) is 5.75. The first-order chi connectivity index (χ1) is 15.6. The maximum atomic E-state index is 12.1. The van der Waals surface area contributed by atoms with Gasteiger partial charge in [-0.05, 0) is 52.3 Å². The third-order valence-electron chi connectivity index (χ3n) is 5.19. The van der Waals surface area contributed by atoms with Gasteiger partial charge in [0, 0.05) is 24.9 Å². The van der Waals surface area contributed by atoms with Gasteiger partial charge in [0.1, 0.15) is 22.8 Å². The summed E-state index contributed by atoms with van der Waals surface area (Å²) in [4.78, 5) is 16.4. The van der Waals surface area contributed by atoms with E-state index in [1.807, 2.05) is 50.6 Å². The molecule has 0 radical (unpaired) electrons. The number of rotatable bonds is 9. The van der Waals surface area contributed by atoms with Gasteiger partial charge in [0.05, 0.1) is 19.2 Å². The molecular weight excluding hydrogens is 424 g/mol. The average Bonchev–Trinajstić information content (AvgIpc) is 3.32. The molecule has 0 aliphatic heterocycles. The molecule has 0 aliphatic rings. The molecule has 3 aromatic rings. The number of carbonyl (C=O) groups excluding carboxylic acids is 1. The second-order valence-electron chi connectivity index (χ2n) is 9.11. The lowest BCUT2D eigenvalue weighted by Crippen LogP contribution is -2.36. The summed E-state index contributed by atoms with van der Waals surface area (Å²) >= 11 is 0. The number of nitrogens with one attached hydrogen (secondary N) is 1. The molecule has 180 valence electrons. The quantitative estimate of drug-likeness (QED) is 0.488. The van der Waals surface area contributed by atoms with E-state index in [9.17, 15) is 4.79 Å². The van der Waals surface area contributed by atoms with Gasteiger partial charge in [0.2, 0.25) is 0 Å². The molecule has 9 heteroatoms. The highest BCUT2D eigenvalue weighted by atomic mass is 16.6. The van der Waals surface area contributed by atoms with Gasteiger partial charge in [0.25, 0.3) is 5.89 Å². The zero-order valence-electron chi connectivity index (χ0n) is 20.5. The van der Waals surface area contributed by atoms with Crippen LogP contribution in [0, 0.1) is 12.8 Å². The predicted molar refractivity (Wildman–Crippen MR) is 126 cm³/mol. The summed E-state index contributed by atoms with van der Waals surface area (Å²) in [5, 5.41) is 7.65. The van der Waals surface area contributed by atoms with Crippen molar-refractivity contribution in [2.45, 2.75) is 53.1 Å². The van der Waals surface area contributed by atoms with Gasteiger partial charge in [-0.25, -0.2) is 4.79 Å². The molecule has 0 unspecified atom stereocenters. The third-order valence-corrected chi connectivity index (χ3v) is 5.19. The number of aromatic nitrogens is 3. The van der Waals surface area contributed by atoms with Gasteiger partial charge in [-0.1, -0.05) is 18.5 Å². The van der Waals surface area contributed by atoms with E-state index in [4.69, 9.17) is 18.7 Å². The number of nitrogens with zero attached hydrogens (tertiary/aromatic N) is 3. The molecule has 33 heavy (non-hydrogen) atoms. The molecule has 0 saturated heterocycles. The lowest BCUT2D eigenvalue weighted by molar-refractivity contribution is 0.0513. The number of ether oxygens (including phenoxy) is 3. The highest BCUT2D eigenvalue weighted by Crippen LogP contribution is 2.38. The number of hydrogen-bond donors (Lipinski definition) is 1. The smallest absolute Gasteiger partial charge is 0.407 e. The van der Waals surface area contributed by atoms with Gasteiger partial charge >= 0.3 is 6.09 Å². The van der Waals surface area contributed by atoms with Crippen LogP contribution in [-0.4, -0.2) is 46.7 Å². The fourth-order valence-electron chi connectivity index (χ4n) is 3.71. The third kappa shape index (κ3) is 5.97. The zero-order valence-corrected chi connectivity index (χ0v) is 20.5. The molecular formula is C24H34N4O5. The Hall–Kier alpha value is -3.23. The van der Waals surface area contributed by atoms with Gasteiger partial charge in [-0.2, -0.15) is 4.98 Å². The first-order valence-electron chi connectivity index (χ1n) is 11.2. The van der Waals surface area contributed by atoms with Crippen molar-refractivity contribution in [3.8, 4) is 23.1 Å². The lowest BCUT2D eigenvalue weighted by Gasteiger charge is -2.22. The number of carbonyl (C=O) groups is 1. The Bertz CT molecular complexity index is 1100. The Balaban J connectivity index is 1.80. The summed E-state index contributed by atoms with van der Waals surface area (Å²) in [5.74, 6) is 2.59. The summed E-state index contributed by atoms with van der Waals surface area (Å²) in [7, 11) is 3.56. The maximum Gasteiger partial charge on any atom is 0.407 e. The first kappa shape index (κ1) is 24.4. The monoisotopic (exact) mass is 458 g/mol. The molecule has 0 aliphatic carbocycles. The number of methoxy groups -OCH3 is 1. The number of fused-ring (bicyclic) bond motifs is 1. The Morgan fingerprint density at radius 1 is 1.27 bits per heavy atom. The van der Waals surface area contributed by atoms with Gasteiger partial charge in [0.15, 0.2) is 5.82 Å². The summed E-state index contributed by atoms with van der Waals surface area (Å²) in [6.07, 6.45) is 1.47. The molecule has 1 atom stereocenters. The van der Waals surface area contributed by atoms with Crippen molar-refractivity contribution >= 4 is 17.0 Å². The van der Waals surface area contributed by atoms with Crippen molar-refractivity contribution in [2.24, 2.45) is 13.0 Å². The Kier molecular flexibility index (Phi) is 7.50. The van der Waals surface area contributed by atoms with E-state index in [2.05, 4.69) is 22.4 Å². The molecule has 1 amide bonds. The summed E-state index contributed by atoms with van der Waals surface area (Å²) in [5.41, 5.74) is 1.12. The largest absolute Gasteiger partial charge is 0.495 e. The van der Waals surface area contributed by atoms with E-state index in [0.717, 1.165) is 40.9 Å². The minimum atomic E-state index is -0.530. The molecule has 0 fully saturated rings. The van der Waals surface area contributed by atoms with Crippen LogP contribution in [0.1, 0.15) is 46.4 Å². The van der Waals surface area contributed by atoms with Crippen LogP contribution >= 0.6 is 0 Å². The molecule has 1 N–H and O–H groups in total. The van der Waals surface area contributed by atoms with E-state index in [1.54, 1.807) is 14.0 Å². The van der Waals surface area contributed by atoms with Gasteiger partial charge < -0.3 is 28.6 Å². The van der Waals surface area contributed by atoms with E-state index in [1.165, 1.54) is 0 Å². The van der Waals surface area contributed by atoms with E-state index in [-0.39, 0.29) is 5.92 Å². The summed E-state index contributed by atoms with van der Waals surface area (Å²) < 4.78 is 24.5. The van der Waals surface area contributed by atoms with Crippen LogP contribution in [0.2, 0.25) is 0 Å². The molecule has 2 aromatic heterocycles. The van der Waals surface area contributed by atoms with Crippen molar-refractivity contribution in [1.82, 2.24) is 20.0 Å². The van der Waals surface area contributed by atoms with Gasteiger partial charge in [-0.3, -0.25) is 0 Å². The predicted octanol–water partition coefficient (Wildman–Crippen LogP) is 4.87. The number of hydrogen-bond acceptors (Lipinski definition) is 7. The van der Waals surface area contributed by atoms with Crippen molar-refractivity contribution in [3.63, 3.8) is 0 Å². The molecule has 3 rings (SSSR count). The van der Waals surface area contributed by atoms with Crippen LogP contribution < -0.4 is 14.8 Å². The number of alkyl carbamates (subject to hydrolysis) is 1. The van der Waals surface area contributed by atoms with E-state index in [0.29, 0.717) is 24.9 Å². The number of amides is 1. The van der Waals surface area contributed by atoms with Crippen molar-refractivity contribution in [1.29, 1.82) is 0 Å². The van der Waals surface area contributed by atoms with Crippen LogP contribution in [0.4, 0.5) is 4.79 Å². The highest BCUT2D eigenvalue weighted by molar-refractivity contribution is 5.95. The molecule has 2 heterocycles. The van der Waals surface area contributed by atoms with Crippen LogP contribution in [0.5, 0.6) is 11.5 Å². The molecule has 9 nitrogen and oxygen atoms in total. The number of benzene rings is 1. The first-order valence-corrected chi connectivity index (χ1v) is 11.2. The van der Waals surface area contributed by atoms with Crippen LogP contribution in [0.15, 0.2) is 22.7 Å². The Labute approximate surface area is 194 Å². The number of aryl methyl sites for hydroxylation is 2. The zero-order chi connectivity index (χ0) is 24.2. The highest BCUT2D eigenvalue weighted by Gasteiger charge is 2.21. The lowest BCUT2D eigenvalue weighted by atomic mass is 10.1. The minimum absolute atomic E-state index is 0.140. The summed E-state index contributed by atoms with van der Waals surface area (Å²) in [6.45, 7) is 10.4. The standard InChI is InChI=1S/C24H34N4O5/c1-8-9-16(13-25-23(29)32-24(3,4)5)14-31-19-10-11-20(30-7)21-17(19)12-18(28(21)6)22-26-15(2)27-33-22/h10-12,16H,8-9,13-14H2,1-7H3,(H,25,29)/t16-/m0/s1. The SMILES string of the molecule is CCC[C@@H](CNC(=O)OC(C)(C)C)COc1ccc(OC)c2c1cc(-c1nc(C)no1)n2C. The normalized spacial score (nSPS) is 12.6. The molecule has 0 saturated carbocycles. The Morgan fingerprint density at radius 2 is 2.00 bits per heavy atom.